The quantitative estimate of drug-likeness (QED) is 0.493. The summed E-state index contributed by atoms with van der Waals surface area (Å²) in [6.07, 6.45) is 7.39. The summed E-state index contributed by atoms with van der Waals surface area (Å²) in [5, 5.41) is 13.4. The Labute approximate surface area is 238 Å². The standard InChI is InChI=1S/C33H42N4O3/c34-24-33(14-15-36(25-33)23-27-10-7-13-29(21-27)28-11-5-2-6-12-28)35-32(39)30(20-26-8-3-1-4-9-26)22-31(38)37-16-18-40-19-17-37/h2,5-7,10-13,21,26,30H,1,3-4,8-9,14-20,22-23,25H2,(H,35,39). The number of ether oxygens (including phenoxy) is 1. The Bertz CT molecular complexity index is 1180. The van der Waals surface area contributed by atoms with E-state index in [9.17, 15) is 14.9 Å². The zero-order valence-corrected chi connectivity index (χ0v) is 23.5. The first-order valence-corrected chi connectivity index (χ1v) is 15.0. The molecule has 212 valence electrons. The maximum Gasteiger partial charge on any atom is 0.224 e. The summed E-state index contributed by atoms with van der Waals surface area (Å²) in [5.74, 6) is -0.0458. The van der Waals surface area contributed by atoms with Gasteiger partial charge in [0.05, 0.1) is 19.3 Å². The molecule has 2 aromatic rings. The molecule has 2 aromatic carbocycles. The van der Waals surface area contributed by atoms with Crippen molar-refractivity contribution in [2.45, 2.75) is 63.5 Å². The number of rotatable bonds is 9. The Morgan fingerprint density at radius 2 is 1.75 bits per heavy atom. The molecule has 0 spiro atoms. The lowest BCUT2D eigenvalue weighted by Gasteiger charge is -2.32. The van der Waals surface area contributed by atoms with Gasteiger partial charge in [0.25, 0.3) is 0 Å². The number of carbonyl (C=O) groups excluding carboxylic acids is 2. The molecule has 3 aliphatic rings. The topological polar surface area (TPSA) is 85.7 Å². The van der Waals surface area contributed by atoms with Gasteiger partial charge in [-0.3, -0.25) is 14.5 Å². The molecular weight excluding hydrogens is 500 g/mol. The molecule has 7 heteroatoms. The molecule has 2 atom stereocenters. The highest BCUT2D eigenvalue weighted by molar-refractivity contribution is 5.86. The lowest BCUT2D eigenvalue weighted by atomic mass is 9.81. The maximum absolute atomic E-state index is 13.7. The zero-order valence-electron chi connectivity index (χ0n) is 23.5. The van der Waals surface area contributed by atoms with Crippen LogP contribution in [-0.2, 0) is 20.9 Å². The van der Waals surface area contributed by atoms with E-state index in [0.717, 1.165) is 32.4 Å². The van der Waals surface area contributed by atoms with Crippen LogP contribution in [0.4, 0.5) is 0 Å². The number of benzene rings is 2. The van der Waals surface area contributed by atoms with Gasteiger partial charge in [0.2, 0.25) is 11.8 Å². The fraction of sp³-hybridized carbons (Fsp3) is 0.545. The number of hydrogen-bond donors (Lipinski definition) is 1. The minimum Gasteiger partial charge on any atom is -0.378 e. The molecule has 2 saturated heterocycles. The van der Waals surface area contributed by atoms with E-state index in [1.807, 2.05) is 23.1 Å². The number of carbonyl (C=O) groups is 2. The van der Waals surface area contributed by atoms with Crippen LogP contribution in [0.25, 0.3) is 11.1 Å². The molecule has 1 saturated carbocycles. The first-order valence-electron chi connectivity index (χ1n) is 15.0. The van der Waals surface area contributed by atoms with Crippen molar-refractivity contribution in [3.63, 3.8) is 0 Å². The maximum atomic E-state index is 13.7. The molecule has 3 fully saturated rings. The SMILES string of the molecule is N#CC1(NC(=O)C(CC(=O)N2CCOCC2)CC2CCCCC2)CCN(Cc2cccc(-c3ccccc3)c2)C1. The highest BCUT2D eigenvalue weighted by Crippen LogP contribution is 2.32. The van der Waals surface area contributed by atoms with Crippen molar-refractivity contribution in [2.24, 2.45) is 11.8 Å². The van der Waals surface area contributed by atoms with Gasteiger partial charge in [0.15, 0.2) is 0 Å². The smallest absolute Gasteiger partial charge is 0.224 e. The first kappa shape index (κ1) is 28.3. The van der Waals surface area contributed by atoms with Crippen LogP contribution < -0.4 is 5.32 Å². The number of morpholine rings is 1. The van der Waals surface area contributed by atoms with Gasteiger partial charge in [-0.15, -0.1) is 0 Å². The van der Waals surface area contributed by atoms with E-state index in [1.54, 1.807) is 0 Å². The van der Waals surface area contributed by atoms with E-state index >= 15 is 0 Å². The van der Waals surface area contributed by atoms with Crippen molar-refractivity contribution in [1.82, 2.24) is 15.1 Å². The second-order valence-corrected chi connectivity index (χ2v) is 11.8. The third-order valence-corrected chi connectivity index (χ3v) is 8.86. The van der Waals surface area contributed by atoms with Gasteiger partial charge in [-0.25, -0.2) is 0 Å². The van der Waals surface area contributed by atoms with Crippen LogP contribution in [0, 0.1) is 23.2 Å². The van der Waals surface area contributed by atoms with Crippen molar-refractivity contribution in [3.8, 4) is 17.2 Å². The third-order valence-electron chi connectivity index (χ3n) is 8.86. The molecular formula is C33H42N4O3. The summed E-state index contributed by atoms with van der Waals surface area (Å²) in [5.41, 5.74) is 2.61. The average Bonchev–Trinajstić information content (AvgIpc) is 3.40. The number of likely N-dealkylation sites (tertiary alicyclic amines) is 1. The zero-order chi connectivity index (χ0) is 27.8. The number of amides is 2. The Kier molecular flexibility index (Phi) is 9.51. The van der Waals surface area contributed by atoms with Crippen molar-refractivity contribution in [2.75, 3.05) is 39.4 Å². The van der Waals surface area contributed by atoms with Crippen LogP contribution in [0.5, 0.6) is 0 Å². The van der Waals surface area contributed by atoms with Crippen LogP contribution in [0.2, 0.25) is 0 Å². The highest BCUT2D eigenvalue weighted by atomic mass is 16.5. The van der Waals surface area contributed by atoms with Crippen LogP contribution in [0.15, 0.2) is 54.6 Å². The van der Waals surface area contributed by atoms with E-state index in [-0.39, 0.29) is 18.2 Å². The third kappa shape index (κ3) is 7.30. The van der Waals surface area contributed by atoms with Gasteiger partial charge in [0.1, 0.15) is 5.54 Å². The molecule has 5 rings (SSSR count). The molecule has 1 aliphatic carbocycles. The number of nitrogens with zero attached hydrogens (tertiary/aromatic N) is 3. The Hall–Kier alpha value is -3.21. The molecule has 2 amide bonds. The second kappa shape index (κ2) is 13.4. The predicted octanol–water partition coefficient (Wildman–Crippen LogP) is 4.77. The molecule has 40 heavy (non-hydrogen) atoms. The molecule has 2 aliphatic heterocycles. The van der Waals surface area contributed by atoms with Gasteiger partial charge < -0.3 is 15.0 Å². The normalized spacial score (nSPS) is 22.9. The summed E-state index contributed by atoms with van der Waals surface area (Å²) in [7, 11) is 0. The second-order valence-electron chi connectivity index (χ2n) is 11.8. The largest absolute Gasteiger partial charge is 0.378 e. The molecule has 1 N–H and O–H groups in total. The summed E-state index contributed by atoms with van der Waals surface area (Å²) >= 11 is 0. The van der Waals surface area contributed by atoms with Gasteiger partial charge in [-0.2, -0.15) is 5.26 Å². The van der Waals surface area contributed by atoms with Gasteiger partial charge in [0, 0.05) is 45.1 Å². The Balaban J connectivity index is 1.23. The summed E-state index contributed by atoms with van der Waals surface area (Å²) in [6.45, 7) is 4.21. The molecule has 2 heterocycles. The minimum absolute atomic E-state index is 0.0246. The van der Waals surface area contributed by atoms with Crippen molar-refractivity contribution in [1.29, 1.82) is 5.26 Å². The summed E-state index contributed by atoms with van der Waals surface area (Å²) < 4.78 is 5.41. The predicted molar refractivity (Wildman–Crippen MR) is 155 cm³/mol. The van der Waals surface area contributed by atoms with E-state index in [1.165, 1.54) is 36.0 Å². The molecule has 0 radical (unpaired) electrons. The number of nitriles is 1. The summed E-state index contributed by atoms with van der Waals surface area (Å²) in [6, 6.07) is 21.3. The number of hydrogen-bond acceptors (Lipinski definition) is 5. The average molecular weight is 543 g/mol. The fourth-order valence-electron chi connectivity index (χ4n) is 6.58. The van der Waals surface area contributed by atoms with E-state index in [4.69, 9.17) is 4.74 Å². The van der Waals surface area contributed by atoms with Gasteiger partial charge >= 0.3 is 0 Å². The Morgan fingerprint density at radius 1 is 1.00 bits per heavy atom. The monoisotopic (exact) mass is 542 g/mol. The molecule has 0 bridgehead atoms. The van der Waals surface area contributed by atoms with Crippen molar-refractivity contribution < 1.29 is 14.3 Å². The van der Waals surface area contributed by atoms with E-state index in [0.29, 0.717) is 45.2 Å². The van der Waals surface area contributed by atoms with Crippen LogP contribution in [0.1, 0.15) is 56.9 Å². The summed E-state index contributed by atoms with van der Waals surface area (Å²) in [4.78, 5) is 31.0. The van der Waals surface area contributed by atoms with Crippen molar-refractivity contribution >= 4 is 11.8 Å². The first-order chi connectivity index (χ1) is 19.5. The highest BCUT2D eigenvalue weighted by Gasteiger charge is 2.41. The lowest BCUT2D eigenvalue weighted by Crippen LogP contribution is -2.52. The number of nitrogens with one attached hydrogen (secondary N) is 1. The Morgan fingerprint density at radius 3 is 2.50 bits per heavy atom. The van der Waals surface area contributed by atoms with E-state index < -0.39 is 11.5 Å². The van der Waals surface area contributed by atoms with E-state index in [2.05, 4.69) is 52.7 Å². The van der Waals surface area contributed by atoms with Crippen LogP contribution >= 0.6 is 0 Å². The van der Waals surface area contributed by atoms with Gasteiger partial charge in [-0.05, 0) is 41.5 Å². The molecule has 2 unspecified atom stereocenters. The molecule has 7 nitrogen and oxygen atoms in total. The van der Waals surface area contributed by atoms with Gasteiger partial charge in [-0.1, -0.05) is 80.6 Å². The molecule has 0 aromatic heterocycles. The fourth-order valence-corrected chi connectivity index (χ4v) is 6.58. The lowest BCUT2D eigenvalue weighted by molar-refractivity contribution is -0.140. The van der Waals surface area contributed by atoms with Crippen LogP contribution in [0.3, 0.4) is 0 Å². The van der Waals surface area contributed by atoms with Crippen molar-refractivity contribution in [3.05, 3.63) is 60.2 Å². The minimum atomic E-state index is -0.930. The van der Waals surface area contributed by atoms with Crippen LogP contribution in [-0.4, -0.2) is 66.5 Å².